The first kappa shape index (κ1) is 18.6. The molecule has 2 fully saturated rings. The number of aliphatic hydroxyl groups is 1. The molecule has 1 aromatic rings. The Kier molecular flexibility index (Phi) is 4.40. The fourth-order valence-electron chi connectivity index (χ4n) is 4.71. The van der Waals surface area contributed by atoms with Crippen molar-refractivity contribution < 1.29 is 19.5 Å². The minimum absolute atomic E-state index is 0.301. The van der Waals surface area contributed by atoms with Crippen molar-refractivity contribution in [2.75, 3.05) is 11.9 Å². The topological polar surface area (TPSA) is 98.7 Å². The van der Waals surface area contributed by atoms with Crippen LogP contribution in [0.25, 0.3) is 0 Å². The molecule has 3 heterocycles. The fraction of sp³-hybridized carbons (Fsp3) is 0.526. The summed E-state index contributed by atoms with van der Waals surface area (Å²) >= 11 is 3.43. The number of rotatable bonds is 4. The highest BCUT2D eigenvalue weighted by Crippen LogP contribution is 2.53. The van der Waals surface area contributed by atoms with Crippen LogP contribution in [-0.4, -0.2) is 46.4 Å². The molecule has 0 aliphatic carbocycles. The zero-order chi connectivity index (χ0) is 19.5. The van der Waals surface area contributed by atoms with Crippen LogP contribution in [0.1, 0.15) is 32.3 Å². The lowest BCUT2D eigenvalue weighted by Crippen LogP contribution is -2.54. The Morgan fingerprint density at radius 2 is 2.04 bits per heavy atom. The first-order chi connectivity index (χ1) is 12.8. The number of carbonyl (C=O) groups is 3. The van der Waals surface area contributed by atoms with E-state index < -0.39 is 29.5 Å². The molecule has 2 saturated heterocycles. The summed E-state index contributed by atoms with van der Waals surface area (Å²) in [4.78, 5) is 40.7. The van der Waals surface area contributed by atoms with Gasteiger partial charge in [-0.1, -0.05) is 29.3 Å². The van der Waals surface area contributed by atoms with Crippen LogP contribution in [0.15, 0.2) is 22.7 Å². The maximum Gasteiger partial charge on any atom is 0.250 e. The lowest BCUT2D eigenvalue weighted by Gasteiger charge is -2.30. The molecule has 3 N–H and O–H groups in total. The minimum atomic E-state index is -1.35. The van der Waals surface area contributed by atoms with Crippen LogP contribution in [0.4, 0.5) is 5.69 Å². The highest BCUT2D eigenvalue weighted by molar-refractivity contribution is 9.10. The number of amides is 3. The number of carbonyl (C=O) groups excluding carboxylic acids is 3. The van der Waals surface area contributed by atoms with Crippen LogP contribution in [0.2, 0.25) is 0 Å². The van der Waals surface area contributed by atoms with Gasteiger partial charge < -0.3 is 10.4 Å². The lowest BCUT2D eigenvalue weighted by atomic mass is 9.76. The van der Waals surface area contributed by atoms with E-state index in [9.17, 15) is 19.5 Å². The maximum absolute atomic E-state index is 13.3. The van der Waals surface area contributed by atoms with Gasteiger partial charge in [0.25, 0.3) is 0 Å². The third-order valence-corrected chi connectivity index (χ3v) is 6.45. The van der Waals surface area contributed by atoms with E-state index >= 15 is 0 Å². The minimum Gasteiger partial charge on any atom is -0.392 e. The van der Waals surface area contributed by atoms with Gasteiger partial charge in [0, 0.05) is 28.3 Å². The predicted octanol–water partition coefficient (Wildman–Crippen LogP) is 1.35. The van der Waals surface area contributed by atoms with Crippen molar-refractivity contribution >= 4 is 39.3 Å². The summed E-state index contributed by atoms with van der Waals surface area (Å²) in [7, 11) is 0. The number of nitrogens with zero attached hydrogens (tertiary/aromatic N) is 1. The van der Waals surface area contributed by atoms with Crippen LogP contribution in [0.3, 0.4) is 0 Å². The zero-order valence-electron chi connectivity index (χ0n) is 15.2. The maximum atomic E-state index is 13.3. The van der Waals surface area contributed by atoms with Crippen molar-refractivity contribution in [3.63, 3.8) is 0 Å². The van der Waals surface area contributed by atoms with Crippen molar-refractivity contribution in [1.29, 1.82) is 0 Å². The molecule has 3 aliphatic heterocycles. The number of likely N-dealkylation sites (tertiary alicyclic amines) is 1. The van der Waals surface area contributed by atoms with E-state index in [2.05, 4.69) is 26.6 Å². The monoisotopic (exact) mass is 435 g/mol. The first-order valence-corrected chi connectivity index (χ1v) is 10.0. The molecule has 3 amide bonds. The molecule has 27 heavy (non-hydrogen) atoms. The summed E-state index contributed by atoms with van der Waals surface area (Å²) < 4.78 is 0.774. The summed E-state index contributed by atoms with van der Waals surface area (Å²) in [5.74, 6) is -2.61. The van der Waals surface area contributed by atoms with Gasteiger partial charge in [-0.2, -0.15) is 0 Å². The number of aliphatic hydroxyl groups excluding tert-OH is 1. The second-order valence-electron chi connectivity index (χ2n) is 7.55. The van der Waals surface area contributed by atoms with Gasteiger partial charge in [-0.05, 0) is 31.5 Å². The highest BCUT2D eigenvalue weighted by atomic mass is 79.9. The molecule has 8 heteroatoms. The molecular weight excluding hydrogens is 414 g/mol. The van der Waals surface area contributed by atoms with Crippen molar-refractivity contribution in [1.82, 2.24) is 10.2 Å². The summed E-state index contributed by atoms with van der Waals surface area (Å²) in [6.07, 6.45) is 0.681. The van der Waals surface area contributed by atoms with Gasteiger partial charge in [-0.15, -0.1) is 0 Å². The number of anilines is 1. The van der Waals surface area contributed by atoms with E-state index in [1.165, 1.54) is 4.90 Å². The first-order valence-electron chi connectivity index (χ1n) is 9.25. The van der Waals surface area contributed by atoms with E-state index in [4.69, 9.17) is 0 Å². The lowest BCUT2D eigenvalue weighted by molar-refractivity contribution is -0.143. The Bertz CT molecular complexity index is 842. The number of fused-ring (bicyclic) bond motifs is 4. The SMILES string of the molecule is CCCCN1C(=O)[C@@H]2[C@@H]([C@@H](C)O)N[C@]3(C(=O)Nc4ccc(Br)cc43)[C@@H]2C1=O. The summed E-state index contributed by atoms with van der Waals surface area (Å²) in [5, 5.41) is 16.3. The van der Waals surface area contributed by atoms with Crippen LogP contribution in [0.5, 0.6) is 0 Å². The number of imide groups is 1. The average Bonchev–Trinajstić information content (AvgIpc) is 3.20. The average molecular weight is 436 g/mol. The van der Waals surface area contributed by atoms with E-state index in [0.717, 1.165) is 10.9 Å². The van der Waals surface area contributed by atoms with Gasteiger partial charge in [0.1, 0.15) is 5.54 Å². The molecule has 144 valence electrons. The third-order valence-electron chi connectivity index (χ3n) is 5.96. The normalized spacial score (nSPS) is 32.8. The molecule has 3 aliphatic rings. The molecule has 5 atom stereocenters. The smallest absolute Gasteiger partial charge is 0.250 e. The summed E-state index contributed by atoms with van der Waals surface area (Å²) in [5.41, 5.74) is -0.0921. The van der Waals surface area contributed by atoms with Crippen molar-refractivity contribution in [3.05, 3.63) is 28.2 Å². The Morgan fingerprint density at radius 1 is 1.30 bits per heavy atom. The Labute approximate surface area is 165 Å². The van der Waals surface area contributed by atoms with Gasteiger partial charge in [0.05, 0.1) is 17.9 Å². The molecule has 0 saturated carbocycles. The Balaban J connectivity index is 1.86. The number of hydrogen-bond donors (Lipinski definition) is 3. The summed E-state index contributed by atoms with van der Waals surface area (Å²) in [6, 6.07) is 4.71. The molecule has 1 aromatic carbocycles. The van der Waals surface area contributed by atoms with Crippen LogP contribution >= 0.6 is 15.9 Å². The number of halogens is 1. The van der Waals surface area contributed by atoms with E-state index in [1.807, 2.05) is 13.0 Å². The molecule has 0 aromatic heterocycles. The molecule has 0 radical (unpaired) electrons. The molecule has 4 rings (SSSR count). The second-order valence-corrected chi connectivity index (χ2v) is 8.46. The van der Waals surface area contributed by atoms with Gasteiger partial charge in [-0.3, -0.25) is 24.6 Å². The summed E-state index contributed by atoms with van der Waals surface area (Å²) in [6.45, 7) is 3.91. The van der Waals surface area contributed by atoms with Gasteiger partial charge in [-0.25, -0.2) is 0 Å². The van der Waals surface area contributed by atoms with Crippen LogP contribution in [-0.2, 0) is 19.9 Å². The van der Waals surface area contributed by atoms with Crippen LogP contribution in [0, 0.1) is 11.8 Å². The highest BCUT2D eigenvalue weighted by Gasteiger charge is 2.70. The second kappa shape index (κ2) is 6.39. The Morgan fingerprint density at radius 3 is 2.70 bits per heavy atom. The van der Waals surface area contributed by atoms with Gasteiger partial charge in [0.15, 0.2) is 0 Å². The largest absolute Gasteiger partial charge is 0.392 e. The zero-order valence-corrected chi connectivity index (χ0v) is 16.7. The van der Waals surface area contributed by atoms with Gasteiger partial charge >= 0.3 is 0 Å². The predicted molar refractivity (Wildman–Crippen MR) is 102 cm³/mol. The van der Waals surface area contributed by atoms with Gasteiger partial charge in [0.2, 0.25) is 17.7 Å². The van der Waals surface area contributed by atoms with E-state index in [-0.39, 0.29) is 17.7 Å². The van der Waals surface area contributed by atoms with E-state index in [0.29, 0.717) is 24.2 Å². The number of benzene rings is 1. The molecule has 1 spiro atoms. The fourth-order valence-corrected chi connectivity index (χ4v) is 5.08. The molecule has 0 bridgehead atoms. The number of hydrogen-bond acceptors (Lipinski definition) is 5. The quantitative estimate of drug-likeness (QED) is 0.619. The number of unbranched alkanes of at least 4 members (excludes halogenated alkanes) is 1. The van der Waals surface area contributed by atoms with E-state index in [1.54, 1.807) is 19.1 Å². The molecule has 0 unspecified atom stereocenters. The third kappa shape index (κ3) is 2.43. The number of nitrogens with one attached hydrogen (secondary N) is 2. The standard InChI is InChI=1S/C19H22BrN3O4/c1-3-4-7-23-16(25)13-14(17(23)26)19(22-15(13)9(2)24)11-8-10(20)5-6-12(11)21-18(19)27/h5-6,8-9,13-15,22,24H,3-4,7H2,1-2H3,(H,21,27)/t9-,13+,14+,15-,19+/m1/s1. The van der Waals surface area contributed by atoms with Crippen molar-refractivity contribution in [2.24, 2.45) is 11.8 Å². The Hall–Kier alpha value is -1.77. The molecular formula is C19H22BrN3O4. The van der Waals surface area contributed by atoms with Crippen molar-refractivity contribution in [2.45, 2.75) is 44.4 Å². The van der Waals surface area contributed by atoms with Crippen molar-refractivity contribution in [3.8, 4) is 0 Å². The molecule has 7 nitrogen and oxygen atoms in total. The van der Waals surface area contributed by atoms with Crippen LogP contribution < -0.4 is 10.6 Å².